The highest BCUT2D eigenvalue weighted by molar-refractivity contribution is 7.15. The molecule has 1 atom stereocenters. The second-order valence-corrected chi connectivity index (χ2v) is 4.96. The van der Waals surface area contributed by atoms with Crippen LogP contribution in [0.25, 0.3) is 32.3 Å². The Bertz CT molecular complexity index is 944. The van der Waals surface area contributed by atoms with Gasteiger partial charge in [-0.15, -0.1) is 9.24 Å². The zero-order chi connectivity index (χ0) is 15.7. The fraction of sp³-hybridized carbons (Fsp3) is 0.105. The summed E-state index contributed by atoms with van der Waals surface area (Å²) in [6.45, 7) is 1.92. The molecule has 0 aliphatic carbocycles. The number of ether oxygens (including phenoxy) is 1. The Kier molecular flexibility index (Phi) is 3.96. The number of methoxy groups -OCH3 is 1. The van der Waals surface area contributed by atoms with Crippen LogP contribution < -0.4 is 0 Å². The van der Waals surface area contributed by atoms with E-state index in [0.29, 0.717) is 5.56 Å². The number of esters is 1. The molecule has 3 heteroatoms. The first-order valence-corrected chi connectivity index (χ1v) is 8.27. The summed E-state index contributed by atoms with van der Waals surface area (Å²) >= 11 is 0. The fourth-order valence-electron chi connectivity index (χ4n) is 3.02. The summed E-state index contributed by atoms with van der Waals surface area (Å²) < 4.78 is 4.89. The largest absolute Gasteiger partial charge is 0.465 e. The molecule has 4 aromatic rings. The lowest BCUT2D eigenvalue weighted by Gasteiger charge is -2.12. The molecule has 4 rings (SSSR count). The molecule has 1 unspecified atom stereocenters. The van der Waals surface area contributed by atoms with Gasteiger partial charge in [-0.3, -0.25) is 0 Å². The van der Waals surface area contributed by atoms with Crippen LogP contribution in [0.2, 0.25) is 0 Å². The van der Waals surface area contributed by atoms with Crippen LogP contribution in [-0.2, 0) is 4.74 Å². The average molecular weight is 308 g/mol. The molecule has 0 N–H and O–H groups in total. The summed E-state index contributed by atoms with van der Waals surface area (Å²) in [4.78, 5) is 11.9. The van der Waals surface area contributed by atoms with Crippen molar-refractivity contribution in [1.82, 2.24) is 0 Å². The van der Waals surface area contributed by atoms with Crippen molar-refractivity contribution in [2.24, 2.45) is 0 Å². The Hall–Kier alpha value is -2.18. The zero-order valence-corrected chi connectivity index (χ0v) is 13.7. The predicted molar refractivity (Wildman–Crippen MR) is 97.1 cm³/mol. The molecule has 0 aromatic heterocycles. The van der Waals surface area contributed by atoms with Gasteiger partial charge in [-0.25, -0.2) is 4.79 Å². The molecule has 0 bridgehead atoms. The SMILES string of the molecule is COC(=O)c1ccc2ccc3cccc4ccc1c2c34.CP. The molecule has 0 fully saturated rings. The molecule has 0 saturated carbocycles. The molecule has 4 aromatic carbocycles. The minimum atomic E-state index is -0.289. The van der Waals surface area contributed by atoms with Crippen molar-refractivity contribution in [3.63, 3.8) is 0 Å². The van der Waals surface area contributed by atoms with E-state index < -0.39 is 0 Å². The van der Waals surface area contributed by atoms with Crippen molar-refractivity contribution >= 4 is 47.5 Å². The smallest absolute Gasteiger partial charge is 0.338 e. The molecule has 0 radical (unpaired) electrons. The number of carbonyl (C=O) groups is 1. The van der Waals surface area contributed by atoms with E-state index in [4.69, 9.17) is 4.74 Å². The third kappa shape index (κ3) is 2.12. The van der Waals surface area contributed by atoms with Gasteiger partial charge in [0.25, 0.3) is 0 Å². The van der Waals surface area contributed by atoms with Crippen molar-refractivity contribution < 1.29 is 9.53 Å². The van der Waals surface area contributed by atoms with Gasteiger partial charge in [-0.1, -0.05) is 55.2 Å². The Morgan fingerprint density at radius 1 is 0.818 bits per heavy atom. The fourth-order valence-corrected chi connectivity index (χ4v) is 3.02. The van der Waals surface area contributed by atoms with Crippen LogP contribution in [0, 0.1) is 0 Å². The summed E-state index contributed by atoms with van der Waals surface area (Å²) in [5, 5.41) is 6.86. The van der Waals surface area contributed by atoms with E-state index in [1.165, 1.54) is 23.3 Å². The number of benzene rings is 4. The Labute approximate surface area is 131 Å². The summed E-state index contributed by atoms with van der Waals surface area (Å²) in [5.41, 5.74) is 0.623. The van der Waals surface area contributed by atoms with Crippen LogP contribution in [0.1, 0.15) is 10.4 Å². The van der Waals surface area contributed by atoms with Crippen molar-refractivity contribution in [1.29, 1.82) is 0 Å². The minimum absolute atomic E-state index is 0.289. The van der Waals surface area contributed by atoms with Gasteiger partial charge in [0.1, 0.15) is 0 Å². The first-order chi connectivity index (χ1) is 10.8. The van der Waals surface area contributed by atoms with Gasteiger partial charge in [0.2, 0.25) is 0 Å². The molecule has 0 aliphatic rings. The summed E-state index contributed by atoms with van der Waals surface area (Å²) in [6.07, 6.45) is 0. The van der Waals surface area contributed by atoms with Crippen LogP contribution in [0.3, 0.4) is 0 Å². The predicted octanol–water partition coefficient (Wildman–Crippen LogP) is 4.86. The lowest BCUT2D eigenvalue weighted by molar-refractivity contribution is 0.0603. The summed E-state index contributed by atoms with van der Waals surface area (Å²) in [5.74, 6) is -0.289. The molecule has 0 saturated heterocycles. The molecular weight excluding hydrogens is 291 g/mol. The zero-order valence-electron chi connectivity index (χ0n) is 12.6. The maximum absolute atomic E-state index is 11.9. The van der Waals surface area contributed by atoms with Gasteiger partial charge in [-0.2, -0.15) is 0 Å². The van der Waals surface area contributed by atoms with E-state index >= 15 is 0 Å². The van der Waals surface area contributed by atoms with Crippen molar-refractivity contribution in [3.05, 3.63) is 60.2 Å². The van der Waals surface area contributed by atoms with Gasteiger partial charge in [0.05, 0.1) is 12.7 Å². The standard InChI is InChI=1S/C18H12O2.CH5P/c1-20-18(19)15-10-8-13-6-5-11-3-2-4-12-7-9-14(15)17(13)16(11)12;1-2/h2-10H,1H3;2H2,1H3. The first-order valence-electron chi connectivity index (χ1n) is 7.12. The summed E-state index contributed by atoms with van der Waals surface area (Å²) in [6, 6.07) is 18.4. The highest BCUT2D eigenvalue weighted by atomic mass is 31.0. The molecule has 110 valence electrons. The van der Waals surface area contributed by atoms with E-state index in [0.717, 1.165) is 16.2 Å². The molecule has 0 heterocycles. The van der Waals surface area contributed by atoms with Gasteiger partial charge in [0, 0.05) is 0 Å². The van der Waals surface area contributed by atoms with Gasteiger partial charge in [-0.05, 0) is 38.4 Å². The van der Waals surface area contributed by atoms with Crippen molar-refractivity contribution in [2.45, 2.75) is 0 Å². The molecule has 0 spiro atoms. The van der Waals surface area contributed by atoms with E-state index in [2.05, 4.69) is 45.6 Å². The first kappa shape index (κ1) is 14.7. The minimum Gasteiger partial charge on any atom is -0.465 e. The third-order valence-corrected chi connectivity index (χ3v) is 3.93. The Balaban J connectivity index is 0.000000693. The molecule has 22 heavy (non-hydrogen) atoms. The average Bonchev–Trinajstić information content (AvgIpc) is 2.60. The summed E-state index contributed by atoms with van der Waals surface area (Å²) in [7, 11) is 3.83. The monoisotopic (exact) mass is 308 g/mol. The third-order valence-electron chi connectivity index (χ3n) is 3.93. The number of hydrogen-bond acceptors (Lipinski definition) is 2. The van der Waals surface area contributed by atoms with Crippen LogP contribution in [0.15, 0.2) is 54.6 Å². The lowest BCUT2D eigenvalue weighted by atomic mass is 9.92. The van der Waals surface area contributed by atoms with E-state index in [-0.39, 0.29) is 5.97 Å². The highest BCUT2D eigenvalue weighted by Gasteiger charge is 2.14. The number of hydrogen-bond donors (Lipinski definition) is 0. The lowest BCUT2D eigenvalue weighted by Crippen LogP contribution is -2.02. The normalized spacial score (nSPS) is 10.7. The molecule has 0 aliphatic heterocycles. The quantitative estimate of drug-likeness (QED) is 0.285. The topological polar surface area (TPSA) is 26.3 Å². The van der Waals surface area contributed by atoms with E-state index in [1.54, 1.807) is 0 Å². The maximum Gasteiger partial charge on any atom is 0.338 e. The van der Waals surface area contributed by atoms with Crippen LogP contribution in [0.4, 0.5) is 0 Å². The highest BCUT2D eigenvalue weighted by Crippen LogP contribution is 2.35. The molecule has 0 amide bonds. The van der Waals surface area contributed by atoms with Gasteiger partial charge >= 0.3 is 5.97 Å². The number of carbonyl (C=O) groups excluding carboxylic acids is 1. The van der Waals surface area contributed by atoms with Gasteiger partial charge < -0.3 is 4.74 Å². The van der Waals surface area contributed by atoms with E-state index in [9.17, 15) is 4.79 Å². The van der Waals surface area contributed by atoms with Crippen molar-refractivity contribution in [2.75, 3.05) is 13.8 Å². The second-order valence-electron chi connectivity index (χ2n) is 4.96. The maximum atomic E-state index is 11.9. The van der Waals surface area contributed by atoms with Crippen LogP contribution >= 0.6 is 9.24 Å². The Morgan fingerprint density at radius 3 is 2.00 bits per heavy atom. The Morgan fingerprint density at radius 2 is 1.36 bits per heavy atom. The van der Waals surface area contributed by atoms with E-state index in [1.807, 2.05) is 24.9 Å². The van der Waals surface area contributed by atoms with Crippen LogP contribution in [-0.4, -0.2) is 19.7 Å². The molecular formula is C19H17O2P. The molecule has 2 nitrogen and oxygen atoms in total. The van der Waals surface area contributed by atoms with Gasteiger partial charge in [0.15, 0.2) is 0 Å². The number of rotatable bonds is 1. The van der Waals surface area contributed by atoms with Crippen LogP contribution in [0.5, 0.6) is 0 Å². The van der Waals surface area contributed by atoms with Crippen molar-refractivity contribution in [3.8, 4) is 0 Å². The second kappa shape index (κ2) is 5.90.